The van der Waals surface area contributed by atoms with Gasteiger partial charge < -0.3 is 9.47 Å². The molecule has 1 aliphatic rings. The van der Waals surface area contributed by atoms with E-state index in [2.05, 4.69) is 246 Å². The van der Waals surface area contributed by atoms with E-state index in [4.69, 9.17) is 0 Å². The molecule has 0 aliphatic heterocycles. The van der Waals surface area contributed by atoms with E-state index >= 15 is 0 Å². The quantitative estimate of drug-likeness (QED) is 0.140. The Morgan fingerprint density at radius 1 is 0.364 bits per heavy atom. The number of benzene rings is 10. The summed E-state index contributed by atoms with van der Waals surface area (Å²) in [5.74, 6) is 0.575. The van der Waals surface area contributed by atoms with Gasteiger partial charge in [-0.1, -0.05) is 201 Å². The summed E-state index contributed by atoms with van der Waals surface area (Å²) in [7, 11) is 0. The SMILES string of the molecule is c1ccc(-c2ccc(-c3ccc(N(c4ccc5c6ccccc6n(-c6ccccc6)c5c4)c4ccccc4-c4cccc5cccc(C6CCCCC6)c45)cc3)cc2-c2ccccc2)cc1. The number of hydrogen-bond acceptors (Lipinski definition) is 1. The predicted molar refractivity (Wildman–Crippen MR) is 281 cm³/mol. The molecule has 0 atom stereocenters. The van der Waals surface area contributed by atoms with E-state index in [0.717, 1.165) is 22.7 Å². The molecule has 0 spiro atoms. The molecule has 1 aliphatic carbocycles. The predicted octanol–water partition coefficient (Wildman–Crippen LogP) is 18.1. The standard InChI is InChI=1S/C64H50N2/c1-5-19-46(20-6-1)54-41-37-50(43-60(54)48-23-9-3-10-24-48)45-35-38-52(39-36-45)65(53-40-42-58-56-29-13-16-34-62(56)66(63(58)44-53)51-27-11-4-12-28-51)61-33-15-14-30-57(61)59-32-18-26-49-25-17-31-55(64(49)59)47-21-7-2-8-22-47/h1,3-6,9-20,23-44,47H,2,7-8,21-22H2. The van der Waals surface area contributed by atoms with Crippen LogP contribution in [0.2, 0.25) is 0 Å². The van der Waals surface area contributed by atoms with Crippen LogP contribution in [0, 0.1) is 0 Å². The van der Waals surface area contributed by atoms with Crippen molar-refractivity contribution in [1.29, 1.82) is 0 Å². The van der Waals surface area contributed by atoms with Crippen LogP contribution < -0.4 is 4.90 Å². The van der Waals surface area contributed by atoms with Crippen LogP contribution in [0.5, 0.6) is 0 Å². The van der Waals surface area contributed by atoms with Crippen molar-refractivity contribution in [3.8, 4) is 50.2 Å². The smallest absolute Gasteiger partial charge is 0.0561 e. The van der Waals surface area contributed by atoms with E-state index in [0.29, 0.717) is 5.92 Å². The maximum absolute atomic E-state index is 2.49. The number of anilines is 3. The van der Waals surface area contributed by atoms with Gasteiger partial charge in [0.25, 0.3) is 0 Å². The van der Waals surface area contributed by atoms with Crippen LogP contribution >= 0.6 is 0 Å². The molecule has 316 valence electrons. The average Bonchev–Trinajstić information content (AvgIpc) is 3.73. The fourth-order valence-electron chi connectivity index (χ4n) is 10.9. The van der Waals surface area contributed by atoms with Gasteiger partial charge in [-0.25, -0.2) is 0 Å². The van der Waals surface area contributed by atoms with Gasteiger partial charge in [0, 0.05) is 33.4 Å². The van der Waals surface area contributed by atoms with Crippen LogP contribution in [-0.4, -0.2) is 4.57 Å². The van der Waals surface area contributed by atoms with E-state index in [1.807, 2.05) is 0 Å². The van der Waals surface area contributed by atoms with E-state index < -0.39 is 0 Å². The van der Waals surface area contributed by atoms with Crippen molar-refractivity contribution in [3.05, 3.63) is 242 Å². The highest BCUT2D eigenvalue weighted by atomic mass is 15.1. The van der Waals surface area contributed by atoms with Crippen LogP contribution in [0.25, 0.3) is 82.8 Å². The zero-order valence-electron chi connectivity index (χ0n) is 37.0. The Morgan fingerprint density at radius 3 is 1.74 bits per heavy atom. The molecule has 1 heterocycles. The molecule has 12 rings (SSSR count). The number of para-hydroxylation sites is 3. The molecule has 1 saturated carbocycles. The maximum Gasteiger partial charge on any atom is 0.0561 e. The van der Waals surface area contributed by atoms with Crippen LogP contribution in [0.3, 0.4) is 0 Å². The number of rotatable bonds is 9. The summed E-state index contributed by atoms with van der Waals surface area (Å²) in [5.41, 5.74) is 18.1. The molecule has 0 bridgehead atoms. The van der Waals surface area contributed by atoms with Crippen molar-refractivity contribution in [3.63, 3.8) is 0 Å². The highest BCUT2D eigenvalue weighted by molar-refractivity contribution is 6.11. The largest absolute Gasteiger partial charge is 0.310 e. The zero-order valence-corrected chi connectivity index (χ0v) is 37.0. The van der Waals surface area contributed by atoms with Gasteiger partial charge in [0.05, 0.1) is 16.7 Å². The lowest BCUT2D eigenvalue weighted by atomic mass is 9.80. The highest BCUT2D eigenvalue weighted by Crippen LogP contribution is 2.47. The second-order valence-electron chi connectivity index (χ2n) is 17.9. The molecule has 0 saturated heterocycles. The van der Waals surface area contributed by atoms with Gasteiger partial charge in [0.15, 0.2) is 0 Å². The van der Waals surface area contributed by atoms with Gasteiger partial charge >= 0.3 is 0 Å². The molecule has 2 nitrogen and oxygen atoms in total. The van der Waals surface area contributed by atoms with Crippen LogP contribution in [0.1, 0.15) is 43.6 Å². The second kappa shape index (κ2) is 17.2. The van der Waals surface area contributed by atoms with Crippen molar-refractivity contribution in [2.24, 2.45) is 0 Å². The van der Waals surface area contributed by atoms with Gasteiger partial charge in [0.1, 0.15) is 0 Å². The minimum absolute atomic E-state index is 0.575. The van der Waals surface area contributed by atoms with E-state index in [-0.39, 0.29) is 0 Å². The first-order valence-corrected chi connectivity index (χ1v) is 23.6. The average molecular weight is 847 g/mol. The van der Waals surface area contributed by atoms with Gasteiger partial charge in [0.2, 0.25) is 0 Å². The number of fused-ring (bicyclic) bond motifs is 4. The Bertz CT molecular complexity index is 3480. The summed E-state index contributed by atoms with van der Waals surface area (Å²) in [5, 5.41) is 5.19. The van der Waals surface area contributed by atoms with Crippen molar-refractivity contribution >= 4 is 49.6 Å². The first-order valence-electron chi connectivity index (χ1n) is 23.6. The molecule has 1 aromatic heterocycles. The van der Waals surface area contributed by atoms with Gasteiger partial charge in [-0.3, -0.25) is 0 Å². The Balaban J connectivity index is 1.05. The fourth-order valence-corrected chi connectivity index (χ4v) is 10.9. The summed E-state index contributed by atoms with van der Waals surface area (Å²) < 4.78 is 2.42. The minimum atomic E-state index is 0.575. The normalized spacial score (nSPS) is 13.1. The van der Waals surface area contributed by atoms with Crippen molar-refractivity contribution in [2.75, 3.05) is 4.90 Å². The molecule has 0 amide bonds. The fraction of sp³-hybridized carbons (Fsp3) is 0.0938. The molecule has 0 unspecified atom stereocenters. The van der Waals surface area contributed by atoms with Crippen LogP contribution in [0.4, 0.5) is 17.1 Å². The monoisotopic (exact) mass is 846 g/mol. The number of aromatic nitrogens is 1. The Morgan fingerprint density at radius 2 is 0.970 bits per heavy atom. The molecule has 66 heavy (non-hydrogen) atoms. The zero-order chi connectivity index (χ0) is 43.8. The summed E-state index contributed by atoms with van der Waals surface area (Å²) in [4.78, 5) is 2.49. The molecule has 2 heteroatoms. The second-order valence-corrected chi connectivity index (χ2v) is 17.9. The maximum atomic E-state index is 2.49. The lowest BCUT2D eigenvalue weighted by Gasteiger charge is -2.29. The lowest BCUT2D eigenvalue weighted by molar-refractivity contribution is 0.445. The van der Waals surface area contributed by atoms with Crippen molar-refractivity contribution < 1.29 is 0 Å². The lowest BCUT2D eigenvalue weighted by Crippen LogP contribution is -2.12. The molecule has 0 radical (unpaired) electrons. The molecular weight excluding hydrogens is 797 g/mol. The van der Waals surface area contributed by atoms with E-state index in [1.54, 1.807) is 0 Å². The molecule has 10 aromatic carbocycles. The van der Waals surface area contributed by atoms with Crippen molar-refractivity contribution in [2.45, 2.75) is 38.0 Å². The molecular formula is C64H50N2. The van der Waals surface area contributed by atoms with E-state index in [1.165, 1.54) is 115 Å². The first kappa shape index (κ1) is 39.6. The topological polar surface area (TPSA) is 8.17 Å². The number of nitrogens with zero attached hydrogens (tertiary/aromatic N) is 2. The number of hydrogen-bond donors (Lipinski definition) is 0. The summed E-state index contributed by atoms with van der Waals surface area (Å²) >= 11 is 0. The summed E-state index contributed by atoms with van der Waals surface area (Å²) in [6, 6.07) is 87.2. The third-order valence-electron chi connectivity index (χ3n) is 14.0. The summed E-state index contributed by atoms with van der Waals surface area (Å²) in [6.45, 7) is 0. The Labute approximate surface area is 387 Å². The molecule has 1 fully saturated rings. The Hall–Kier alpha value is -7.94. The Kier molecular flexibility index (Phi) is 10.3. The minimum Gasteiger partial charge on any atom is -0.310 e. The third kappa shape index (κ3) is 7.16. The molecule has 11 aromatic rings. The van der Waals surface area contributed by atoms with Crippen molar-refractivity contribution in [1.82, 2.24) is 4.57 Å². The third-order valence-corrected chi connectivity index (χ3v) is 14.0. The highest BCUT2D eigenvalue weighted by Gasteiger charge is 2.24. The van der Waals surface area contributed by atoms with Crippen LogP contribution in [0.15, 0.2) is 237 Å². The molecule has 0 N–H and O–H groups in total. The first-order chi connectivity index (χ1) is 32.8. The van der Waals surface area contributed by atoms with Gasteiger partial charge in [-0.2, -0.15) is 0 Å². The van der Waals surface area contributed by atoms with E-state index in [9.17, 15) is 0 Å². The van der Waals surface area contributed by atoms with Crippen LogP contribution in [-0.2, 0) is 0 Å². The van der Waals surface area contributed by atoms with Gasteiger partial charge in [-0.15, -0.1) is 0 Å². The summed E-state index contributed by atoms with van der Waals surface area (Å²) in [6.07, 6.45) is 6.45. The van der Waals surface area contributed by atoms with Gasteiger partial charge in [-0.05, 0) is 129 Å².